The van der Waals surface area contributed by atoms with Crippen molar-refractivity contribution in [3.8, 4) is 0 Å². The molecule has 0 aromatic heterocycles. The minimum Gasteiger partial charge on any atom is -0.462 e. The van der Waals surface area contributed by atoms with E-state index in [1.807, 2.05) is 13.8 Å². The van der Waals surface area contributed by atoms with E-state index in [-0.39, 0.29) is 23.8 Å². The van der Waals surface area contributed by atoms with Crippen molar-refractivity contribution in [1.82, 2.24) is 0 Å². The van der Waals surface area contributed by atoms with Crippen LogP contribution in [0.3, 0.4) is 0 Å². The van der Waals surface area contributed by atoms with Gasteiger partial charge in [-0.1, -0.05) is 6.92 Å². The maximum absolute atomic E-state index is 11.3. The van der Waals surface area contributed by atoms with Crippen LogP contribution in [-0.4, -0.2) is 17.9 Å². The number of carbonyl (C=O) groups is 2. The van der Waals surface area contributed by atoms with E-state index in [2.05, 4.69) is 0 Å². The van der Waals surface area contributed by atoms with Gasteiger partial charge >= 0.3 is 5.97 Å². The first-order valence-corrected chi connectivity index (χ1v) is 4.12. The molecule has 3 heteroatoms. The van der Waals surface area contributed by atoms with Gasteiger partial charge in [0.15, 0.2) is 0 Å². The molecule has 0 aromatic carbocycles. The second kappa shape index (κ2) is 2.57. The highest BCUT2D eigenvalue weighted by molar-refractivity contribution is 6.03. The van der Waals surface area contributed by atoms with Crippen LogP contribution in [0.5, 0.6) is 0 Å². The van der Waals surface area contributed by atoms with Crippen LogP contribution in [0.15, 0.2) is 0 Å². The van der Waals surface area contributed by atoms with Gasteiger partial charge in [0.25, 0.3) is 0 Å². The standard InChI is InChI=1S/C9H14O3/c1-5-6(2)12-8(11)9(5,4)7(3)10/h5-6H,1-4H3/t5-,6-,9+/m0/s1. The Labute approximate surface area is 72.1 Å². The van der Waals surface area contributed by atoms with E-state index in [1.54, 1.807) is 6.92 Å². The number of rotatable bonds is 1. The van der Waals surface area contributed by atoms with Crippen LogP contribution in [-0.2, 0) is 14.3 Å². The topological polar surface area (TPSA) is 43.4 Å². The fourth-order valence-electron chi connectivity index (χ4n) is 1.51. The van der Waals surface area contributed by atoms with E-state index >= 15 is 0 Å². The van der Waals surface area contributed by atoms with Crippen molar-refractivity contribution in [2.24, 2.45) is 11.3 Å². The summed E-state index contributed by atoms with van der Waals surface area (Å²) in [6.45, 7) is 6.79. The van der Waals surface area contributed by atoms with Crippen molar-refractivity contribution in [3.05, 3.63) is 0 Å². The number of ether oxygens (including phenoxy) is 1. The van der Waals surface area contributed by atoms with E-state index in [9.17, 15) is 9.59 Å². The lowest BCUT2D eigenvalue weighted by Gasteiger charge is -2.21. The Hall–Kier alpha value is -0.860. The molecule has 1 rings (SSSR count). The molecule has 68 valence electrons. The molecule has 3 atom stereocenters. The largest absolute Gasteiger partial charge is 0.462 e. The smallest absolute Gasteiger partial charge is 0.320 e. The summed E-state index contributed by atoms with van der Waals surface area (Å²) in [5.41, 5.74) is -0.917. The summed E-state index contributed by atoms with van der Waals surface area (Å²) in [6.07, 6.45) is -0.147. The van der Waals surface area contributed by atoms with Crippen LogP contribution in [0.2, 0.25) is 0 Å². The molecule has 12 heavy (non-hydrogen) atoms. The lowest BCUT2D eigenvalue weighted by molar-refractivity contribution is -0.151. The van der Waals surface area contributed by atoms with Crippen LogP contribution >= 0.6 is 0 Å². The van der Waals surface area contributed by atoms with Gasteiger partial charge < -0.3 is 4.74 Å². The van der Waals surface area contributed by atoms with Crippen LogP contribution in [0.25, 0.3) is 0 Å². The number of hydrogen-bond acceptors (Lipinski definition) is 3. The molecule has 0 radical (unpaired) electrons. The molecular weight excluding hydrogens is 156 g/mol. The molecular formula is C9H14O3. The number of hydrogen-bond donors (Lipinski definition) is 0. The third kappa shape index (κ3) is 0.958. The van der Waals surface area contributed by atoms with Gasteiger partial charge in [-0.15, -0.1) is 0 Å². The summed E-state index contributed by atoms with van der Waals surface area (Å²) in [5, 5.41) is 0. The van der Waals surface area contributed by atoms with Gasteiger partial charge in [-0.25, -0.2) is 0 Å². The molecule has 0 bridgehead atoms. The second-order valence-electron chi connectivity index (χ2n) is 3.66. The maximum atomic E-state index is 11.3. The Kier molecular flexibility index (Phi) is 1.98. The fraction of sp³-hybridized carbons (Fsp3) is 0.778. The van der Waals surface area contributed by atoms with Crippen molar-refractivity contribution < 1.29 is 14.3 Å². The first-order valence-electron chi connectivity index (χ1n) is 4.12. The van der Waals surface area contributed by atoms with Gasteiger partial charge in [0.05, 0.1) is 0 Å². The van der Waals surface area contributed by atoms with E-state index < -0.39 is 5.41 Å². The highest BCUT2D eigenvalue weighted by Crippen LogP contribution is 2.39. The van der Waals surface area contributed by atoms with Gasteiger partial charge in [0, 0.05) is 5.92 Å². The third-order valence-electron chi connectivity index (χ3n) is 3.06. The summed E-state index contributed by atoms with van der Waals surface area (Å²) in [5.74, 6) is -0.512. The number of carbonyl (C=O) groups excluding carboxylic acids is 2. The fourth-order valence-corrected chi connectivity index (χ4v) is 1.51. The molecule has 1 aliphatic rings. The average molecular weight is 170 g/mol. The Balaban J connectivity index is 3.04. The van der Waals surface area contributed by atoms with E-state index in [1.165, 1.54) is 6.92 Å². The molecule has 3 nitrogen and oxygen atoms in total. The van der Waals surface area contributed by atoms with Crippen LogP contribution in [0.1, 0.15) is 27.7 Å². The zero-order valence-corrected chi connectivity index (χ0v) is 7.88. The summed E-state index contributed by atoms with van der Waals surface area (Å²) in [6, 6.07) is 0. The second-order valence-corrected chi connectivity index (χ2v) is 3.66. The number of ketones is 1. The minimum atomic E-state index is -0.917. The molecule has 0 spiro atoms. The van der Waals surface area contributed by atoms with Gasteiger partial charge in [-0.05, 0) is 20.8 Å². The van der Waals surface area contributed by atoms with Crippen molar-refractivity contribution in [3.63, 3.8) is 0 Å². The van der Waals surface area contributed by atoms with Crippen molar-refractivity contribution in [1.29, 1.82) is 0 Å². The molecule has 1 heterocycles. The quantitative estimate of drug-likeness (QED) is 0.438. The minimum absolute atomic E-state index is 0.0255. The Bertz CT molecular complexity index is 234. The predicted octanol–water partition coefficient (Wildman–Crippen LogP) is 1.16. The normalized spacial score (nSPS) is 41.2. The molecule has 0 aromatic rings. The molecule has 0 aliphatic carbocycles. The average Bonchev–Trinajstić information content (AvgIpc) is 2.16. The van der Waals surface area contributed by atoms with Crippen molar-refractivity contribution >= 4 is 11.8 Å². The zero-order valence-electron chi connectivity index (χ0n) is 7.88. The summed E-state index contributed by atoms with van der Waals surface area (Å²) in [7, 11) is 0. The molecule has 1 fully saturated rings. The van der Waals surface area contributed by atoms with E-state index in [0.29, 0.717) is 0 Å². The molecule has 1 aliphatic heterocycles. The summed E-state index contributed by atoms with van der Waals surface area (Å²) >= 11 is 0. The van der Waals surface area contributed by atoms with Gasteiger partial charge in [0.1, 0.15) is 17.3 Å². The third-order valence-corrected chi connectivity index (χ3v) is 3.06. The number of cyclic esters (lactones) is 1. The Morgan fingerprint density at radius 2 is 2.00 bits per heavy atom. The SMILES string of the molecule is CC(=O)[C@]1(C)C(=O)O[C@@H](C)[C@@H]1C. The lowest BCUT2D eigenvalue weighted by Crippen LogP contribution is -2.36. The molecule has 0 unspecified atom stereocenters. The highest BCUT2D eigenvalue weighted by atomic mass is 16.6. The zero-order chi connectivity index (χ0) is 9.52. The Morgan fingerprint density at radius 1 is 1.50 bits per heavy atom. The van der Waals surface area contributed by atoms with E-state index in [4.69, 9.17) is 4.74 Å². The first kappa shape index (κ1) is 9.23. The predicted molar refractivity (Wildman–Crippen MR) is 43.5 cm³/mol. The van der Waals surface area contributed by atoms with Crippen LogP contribution in [0.4, 0.5) is 0 Å². The molecule has 1 saturated heterocycles. The molecule has 0 amide bonds. The van der Waals surface area contributed by atoms with Crippen molar-refractivity contribution in [2.75, 3.05) is 0 Å². The number of Topliss-reactive ketones (excluding diaryl/α,β-unsaturated/α-hetero) is 1. The van der Waals surface area contributed by atoms with Crippen molar-refractivity contribution in [2.45, 2.75) is 33.8 Å². The monoisotopic (exact) mass is 170 g/mol. The van der Waals surface area contributed by atoms with E-state index in [0.717, 1.165) is 0 Å². The van der Waals surface area contributed by atoms with Gasteiger partial charge in [-0.3, -0.25) is 9.59 Å². The summed E-state index contributed by atoms with van der Waals surface area (Å²) in [4.78, 5) is 22.5. The lowest BCUT2D eigenvalue weighted by atomic mass is 9.75. The van der Waals surface area contributed by atoms with Gasteiger partial charge in [0.2, 0.25) is 0 Å². The first-order chi connectivity index (χ1) is 5.40. The van der Waals surface area contributed by atoms with Crippen LogP contribution < -0.4 is 0 Å². The summed E-state index contributed by atoms with van der Waals surface area (Å²) < 4.78 is 4.99. The van der Waals surface area contributed by atoms with Gasteiger partial charge in [-0.2, -0.15) is 0 Å². The highest BCUT2D eigenvalue weighted by Gasteiger charge is 2.53. The number of esters is 1. The molecule has 0 N–H and O–H groups in total. The maximum Gasteiger partial charge on any atom is 0.320 e. The van der Waals surface area contributed by atoms with Crippen LogP contribution in [0, 0.1) is 11.3 Å². The Morgan fingerprint density at radius 3 is 2.17 bits per heavy atom. The molecule has 0 saturated carbocycles.